The Labute approximate surface area is 93.3 Å². The first kappa shape index (κ1) is 12.2. The number of hydrogen-bond donors (Lipinski definition) is 0. The molecule has 0 bridgehead atoms. The van der Waals surface area contributed by atoms with E-state index in [9.17, 15) is 4.79 Å². The van der Waals surface area contributed by atoms with Crippen LogP contribution in [0, 0.1) is 17.3 Å². The number of carbonyl (C=O) groups is 1. The van der Waals surface area contributed by atoms with E-state index < -0.39 is 0 Å². The minimum absolute atomic E-state index is 0.0115. The van der Waals surface area contributed by atoms with Gasteiger partial charge < -0.3 is 0 Å². The van der Waals surface area contributed by atoms with Gasteiger partial charge in [0.05, 0.1) is 0 Å². The lowest BCUT2D eigenvalue weighted by Gasteiger charge is -2.41. The molecule has 1 aliphatic carbocycles. The maximum atomic E-state index is 12.0. The smallest absolute Gasteiger partial charge is 0.162 e. The third-order valence-corrected chi connectivity index (χ3v) is 3.62. The lowest BCUT2D eigenvalue weighted by atomic mass is 9.62. The van der Waals surface area contributed by atoms with Gasteiger partial charge >= 0.3 is 0 Å². The van der Waals surface area contributed by atoms with Crippen molar-refractivity contribution in [2.75, 3.05) is 0 Å². The van der Waals surface area contributed by atoms with E-state index in [4.69, 9.17) is 0 Å². The van der Waals surface area contributed by atoms with Gasteiger partial charge in [0.15, 0.2) is 5.78 Å². The van der Waals surface area contributed by atoms with Crippen molar-refractivity contribution in [2.45, 2.75) is 40.5 Å². The highest BCUT2D eigenvalue weighted by molar-refractivity contribution is 5.94. The normalized spacial score (nSPS) is 30.8. The maximum absolute atomic E-state index is 12.0. The van der Waals surface area contributed by atoms with Gasteiger partial charge in [0.25, 0.3) is 0 Å². The Morgan fingerprint density at radius 2 is 2.13 bits per heavy atom. The molecule has 2 unspecified atom stereocenters. The molecule has 0 aromatic heterocycles. The Balaban J connectivity index is 2.98. The average molecular weight is 206 g/mol. The fourth-order valence-corrected chi connectivity index (χ4v) is 2.53. The second-order valence-corrected chi connectivity index (χ2v) is 5.34. The molecule has 2 atom stereocenters. The van der Waals surface area contributed by atoms with E-state index >= 15 is 0 Å². The van der Waals surface area contributed by atoms with Crippen molar-refractivity contribution >= 4 is 5.78 Å². The van der Waals surface area contributed by atoms with Crippen molar-refractivity contribution in [1.82, 2.24) is 0 Å². The molecule has 0 heterocycles. The highest BCUT2D eigenvalue weighted by Crippen LogP contribution is 2.46. The molecule has 1 rings (SSSR count). The van der Waals surface area contributed by atoms with Crippen LogP contribution in [0.25, 0.3) is 0 Å². The monoisotopic (exact) mass is 206 g/mol. The number of rotatable bonds is 2. The first-order valence-corrected chi connectivity index (χ1v) is 5.75. The van der Waals surface area contributed by atoms with Gasteiger partial charge in [0.2, 0.25) is 0 Å². The zero-order valence-electron chi connectivity index (χ0n) is 10.3. The lowest BCUT2D eigenvalue weighted by Crippen LogP contribution is -2.37. The van der Waals surface area contributed by atoms with Crippen molar-refractivity contribution in [2.24, 2.45) is 17.3 Å². The summed E-state index contributed by atoms with van der Waals surface area (Å²) in [7, 11) is 0. The van der Waals surface area contributed by atoms with Crippen LogP contribution in [0.4, 0.5) is 0 Å². The quantitative estimate of drug-likeness (QED) is 0.496. The molecule has 0 saturated heterocycles. The molecule has 1 saturated carbocycles. The van der Waals surface area contributed by atoms with Gasteiger partial charge in [-0.2, -0.15) is 0 Å². The van der Waals surface area contributed by atoms with E-state index in [0.29, 0.717) is 5.92 Å². The van der Waals surface area contributed by atoms with Gasteiger partial charge in [-0.25, -0.2) is 0 Å². The van der Waals surface area contributed by atoms with Crippen LogP contribution in [0.1, 0.15) is 40.5 Å². The van der Waals surface area contributed by atoms with Crippen LogP contribution in [-0.2, 0) is 4.79 Å². The van der Waals surface area contributed by atoms with Gasteiger partial charge in [-0.1, -0.05) is 39.0 Å². The first-order chi connectivity index (χ1) is 6.90. The standard InChI is InChI=1S/C14H22O/c1-6-7-12(15)13-11(3)10(2)8-9-14(13,4)5/h6-7,10,13H,3,8-9H2,1-2,4-5H3. The van der Waals surface area contributed by atoms with Crippen LogP contribution in [-0.4, -0.2) is 5.78 Å². The third-order valence-electron chi connectivity index (χ3n) is 3.62. The molecule has 0 aromatic rings. The fourth-order valence-electron chi connectivity index (χ4n) is 2.53. The van der Waals surface area contributed by atoms with Crippen LogP contribution in [0.2, 0.25) is 0 Å². The number of hydrogen-bond acceptors (Lipinski definition) is 1. The van der Waals surface area contributed by atoms with Gasteiger partial charge in [-0.3, -0.25) is 4.79 Å². The van der Waals surface area contributed by atoms with E-state index in [-0.39, 0.29) is 17.1 Å². The minimum atomic E-state index is 0.0115. The van der Waals surface area contributed by atoms with Crippen LogP contribution in [0.5, 0.6) is 0 Å². The molecule has 84 valence electrons. The van der Waals surface area contributed by atoms with Gasteiger partial charge in [0, 0.05) is 5.92 Å². The molecule has 1 nitrogen and oxygen atoms in total. The van der Waals surface area contributed by atoms with Crippen molar-refractivity contribution in [3.8, 4) is 0 Å². The zero-order chi connectivity index (χ0) is 11.6. The molecule has 1 fully saturated rings. The second kappa shape index (κ2) is 4.34. The fraction of sp³-hybridized carbons (Fsp3) is 0.643. The van der Waals surface area contributed by atoms with Crippen LogP contribution in [0.15, 0.2) is 24.3 Å². The molecule has 0 N–H and O–H groups in total. The summed E-state index contributed by atoms with van der Waals surface area (Å²) in [6.45, 7) is 12.5. The molecule has 0 radical (unpaired) electrons. The molecule has 0 amide bonds. The summed E-state index contributed by atoms with van der Waals surface area (Å²) in [6.07, 6.45) is 5.78. The van der Waals surface area contributed by atoms with Crippen LogP contribution >= 0.6 is 0 Å². The highest BCUT2D eigenvalue weighted by Gasteiger charge is 2.40. The number of ketones is 1. The molecular formula is C14H22O. The Bertz CT molecular complexity index is 296. The maximum Gasteiger partial charge on any atom is 0.162 e. The largest absolute Gasteiger partial charge is 0.294 e. The molecule has 0 aliphatic heterocycles. The van der Waals surface area contributed by atoms with Crippen molar-refractivity contribution in [3.05, 3.63) is 24.3 Å². The lowest BCUT2D eigenvalue weighted by molar-refractivity contribution is -0.121. The Hall–Kier alpha value is -0.850. The van der Waals surface area contributed by atoms with E-state index in [1.54, 1.807) is 6.08 Å². The predicted molar refractivity (Wildman–Crippen MR) is 64.6 cm³/mol. The summed E-state index contributed by atoms with van der Waals surface area (Å²) in [5.74, 6) is 0.716. The second-order valence-electron chi connectivity index (χ2n) is 5.34. The van der Waals surface area contributed by atoms with Crippen molar-refractivity contribution in [1.29, 1.82) is 0 Å². The first-order valence-electron chi connectivity index (χ1n) is 5.75. The summed E-state index contributed by atoms with van der Waals surface area (Å²) in [5.41, 5.74) is 1.19. The van der Waals surface area contributed by atoms with Gasteiger partial charge in [-0.05, 0) is 37.2 Å². The molecule has 15 heavy (non-hydrogen) atoms. The molecular weight excluding hydrogens is 184 g/mol. The summed E-state index contributed by atoms with van der Waals surface area (Å²) in [4.78, 5) is 12.0. The van der Waals surface area contributed by atoms with Crippen molar-refractivity contribution in [3.63, 3.8) is 0 Å². The highest BCUT2D eigenvalue weighted by atomic mass is 16.1. The minimum Gasteiger partial charge on any atom is -0.294 e. The molecule has 0 aromatic carbocycles. The summed E-state index contributed by atoms with van der Waals surface area (Å²) in [6, 6.07) is 0. The Morgan fingerprint density at radius 3 is 2.67 bits per heavy atom. The van der Waals surface area contributed by atoms with Crippen LogP contribution in [0.3, 0.4) is 0 Å². The van der Waals surface area contributed by atoms with Gasteiger partial charge in [0.1, 0.15) is 0 Å². The molecule has 1 heteroatoms. The van der Waals surface area contributed by atoms with Gasteiger partial charge in [-0.15, -0.1) is 0 Å². The van der Waals surface area contributed by atoms with Crippen LogP contribution < -0.4 is 0 Å². The average Bonchev–Trinajstić information content (AvgIpc) is 2.12. The molecule has 1 aliphatic rings. The van der Waals surface area contributed by atoms with E-state index in [2.05, 4.69) is 27.4 Å². The zero-order valence-corrected chi connectivity index (χ0v) is 10.3. The number of allylic oxidation sites excluding steroid dienone is 3. The predicted octanol–water partition coefficient (Wildman–Crippen LogP) is 3.76. The van der Waals surface area contributed by atoms with E-state index in [1.807, 2.05) is 13.0 Å². The SMILES string of the molecule is C=C1C(C)CCC(C)(C)C1C(=O)C=CC. The van der Waals surface area contributed by atoms with E-state index in [1.165, 1.54) is 0 Å². The number of carbonyl (C=O) groups excluding carboxylic acids is 1. The summed E-state index contributed by atoms with van der Waals surface area (Å²) in [5, 5.41) is 0. The Morgan fingerprint density at radius 1 is 1.53 bits per heavy atom. The molecule has 0 spiro atoms. The van der Waals surface area contributed by atoms with Crippen molar-refractivity contribution < 1.29 is 4.79 Å². The summed E-state index contributed by atoms with van der Waals surface area (Å²) >= 11 is 0. The summed E-state index contributed by atoms with van der Waals surface area (Å²) < 4.78 is 0. The third kappa shape index (κ3) is 2.39. The topological polar surface area (TPSA) is 17.1 Å². The Kier molecular flexibility index (Phi) is 3.54. The van der Waals surface area contributed by atoms with E-state index in [0.717, 1.165) is 18.4 Å².